The Hall–Kier alpha value is -0.640. The molecule has 0 aliphatic heterocycles. The van der Waals surface area contributed by atoms with E-state index in [4.69, 9.17) is 0 Å². The van der Waals surface area contributed by atoms with Gasteiger partial charge in [-0.15, -0.1) is 0 Å². The number of aliphatic hydroxyl groups is 3. The van der Waals surface area contributed by atoms with E-state index in [9.17, 15) is 15.3 Å². The summed E-state index contributed by atoms with van der Waals surface area (Å²) in [4.78, 5) is 0. The van der Waals surface area contributed by atoms with Crippen LogP contribution in [0.3, 0.4) is 0 Å². The molecule has 0 radical (unpaired) electrons. The molecule has 3 atom stereocenters. The molecule has 20 heavy (non-hydrogen) atoms. The third kappa shape index (κ3) is 4.18. The van der Waals surface area contributed by atoms with Crippen LogP contribution < -0.4 is 0 Å². The molecule has 0 bridgehead atoms. The van der Waals surface area contributed by atoms with E-state index in [0.29, 0.717) is 32.1 Å². The quantitative estimate of drug-likeness (QED) is 0.656. The summed E-state index contributed by atoms with van der Waals surface area (Å²) in [5.41, 5.74) is 0.0948. The van der Waals surface area contributed by atoms with Gasteiger partial charge in [-0.25, -0.2) is 0 Å². The maximum absolute atomic E-state index is 10.7. The molecule has 1 aliphatic rings. The van der Waals surface area contributed by atoms with Crippen LogP contribution in [0.1, 0.15) is 66.2 Å². The molecule has 0 aromatic rings. The Morgan fingerprint density at radius 2 is 2.20 bits per heavy atom. The lowest BCUT2D eigenvalue weighted by atomic mass is 9.72. The average Bonchev–Trinajstić information content (AvgIpc) is 2.40. The zero-order valence-corrected chi connectivity index (χ0v) is 13.3. The van der Waals surface area contributed by atoms with Gasteiger partial charge in [0.15, 0.2) is 0 Å². The van der Waals surface area contributed by atoms with Gasteiger partial charge in [0, 0.05) is 0 Å². The Morgan fingerprint density at radius 1 is 1.55 bits per heavy atom. The third-order valence-electron chi connectivity index (χ3n) is 4.73. The molecule has 1 aliphatic carbocycles. The van der Waals surface area contributed by atoms with Crippen molar-refractivity contribution in [2.75, 3.05) is 0 Å². The molecule has 0 saturated heterocycles. The van der Waals surface area contributed by atoms with Gasteiger partial charge in [-0.2, -0.15) is 0 Å². The van der Waals surface area contributed by atoms with E-state index in [1.54, 1.807) is 6.92 Å². The maximum Gasteiger partial charge on any atom is 0.0968 e. The highest BCUT2D eigenvalue weighted by Crippen LogP contribution is 2.38. The molecule has 0 saturated carbocycles. The topological polar surface area (TPSA) is 60.7 Å². The summed E-state index contributed by atoms with van der Waals surface area (Å²) in [7, 11) is 0. The smallest absolute Gasteiger partial charge is 0.0968 e. The minimum atomic E-state index is -1.10. The molecule has 3 heteroatoms. The molecule has 0 amide bonds. The number of allylic oxidation sites excluding steroid dienone is 2. The Kier molecular flexibility index (Phi) is 5.99. The third-order valence-corrected chi connectivity index (χ3v) is 4.73. The van der Waals surface area contributed by atoms with Gasteiger partial charge in [0.2, 0.25) is 0 Å². The van der Waals surface area contributed by atoms with Crippen LogP contribution >= 0.6 is 0 Å². The molecule has 3 unspecified atom stereocenters. The van der Waals surface area contributed by atoms with Gasteiger partial charge < -0.3 is 15.3 Å². The molecule has 0 fully saturated rings. The summed E-state index contributed by atoms with van der Waals surface area (Å²) in [6, 6.07) is 0. The van der Waals surface area contributed by atoms with E-state index in [-0.39, 0.29) is 0 Å². The van der Waals surface area contributed by atoms with Crippen molar-refractivity contribution in [3.05, 3.63) is 23.3 Å². The fourth-order valence-corrected chi connectivity index (χ4v) is 2.71. The van der Waals surface area contributed by atoms with Crippen LogP contribution in [0.2, 0.25) is 0 Å². The van der Waals surface area contributed by atoms with E-state index in [2.05, 4.69) is 6.92 Å². The molecule has 0 aromatic heterocycles. The lowest BCUT2D eigenvalue weighted by Crippen LogP contribution is -2.52. The largest absolute Gasteiger partial charge is 0.389 e. The van der Waals surface area contributed by atoms with Crippen molar-refractivity contribution in [1.29, 1.82) is 0 Å². The first-order valence-electron chi connectivity index (χ1n) is 7.67. The molecule has 3 N–H and O–H groups in total. The van der Waals surface area contributed by atoms with Gasteiger partial charge in [0.1, 0.15) is 0 Å². The summed E-state index contributed by atoms with van der Waals surface area (Å²) in [6.45, 7) is 7.63. The van der Waals surface area contributed by atoms with Gasteiger partial charge in [-0.1, -0.05) is 24.6 Å². The second-order valence-electron chi connectivity index (χ2n) is 6.47. The fraction of sp³-hybridized carbons (Fsp3) is 0.765. The molecule has 116 valence electrons. The standard InChI is InChI=1S/C17H30O3/c1-5-15(18)14(3)7-6-10-16(4,19)17(20)11-8-13(2)9-12-17/h7-8,15,18-20H,5-6,9-12H2,1-4H3. The van der Waals surface area contributed by atoms with E-state index in [0.717, 1.165) is 12.0 Å². The first kappa shape index (κ1) is 17.4. The van der Waals surface area contributed by atoms with Crippen molar-refractivity contribution in [3.8, 4) is 0 Å². The van der Waals surface area contributed by atoms with Crippen LogP contribution in [0.15, 0.2) is 23.3 Å². The Balaban J connectivity index is 2.62. The number of hydrogen-bond acceptors (Lipinski definition) is 3. The summed E-state index contributed by atoms with van der Waals surface area (Å²) < 4.78 is 0. The molecular formula is C17H30O3. The van der Waals surface area contributed by atoms with Gasteiger partial charge in [0.05, 0.1) is 17.3 Å². The first-order chi connectivity index (χ1) is 9.22. The molecule has 1 rings (SSSR count). The van der Waals surface area contributed by atoms with Crippen LogP contribution in [-0.4, -0.2) is 32.6 Å². The predicted molar refractivity (Wildman–Crippen MR) is 82.5 cm³/mol. The molecular weight excluding hydrogens is 252 g/mol. The Bertz CT molecular complexity index is 382. The monoisotopic (exact) mass is 282 g/mol. The fourth-order valence-electron chi connectivity index (χ4n) is 2.71. The number of hydrogen-bond donors (Lipinski definition) is 3. The van der Waals surface area contributed by atoms with Gasteiger partial charge in [-0.05, 0) is 64.9 Å². The van der Waals surface area contributed by atoms with E-state index in [1.165, 1.54) is 5.57 Å². The lowest BCUT2D eigenvalue weighted by molar-refractivity contribution is -0.149. The van der Waals surface area contributed by atoms with Gasteiger partial charge >= 0.3 is 0 Å². The summed E-state index contributed by atoms with van der Waals surface area (Å²) in [5.74, 6) is 0. The highest BCUT2D eigenvalue weighted by Gasteiger charge is 2.44. The minimum Gasteiger partial charge on any atom is -0.389 e. The van der Waals surface area contributed by atoms with Gasteiger partial charge in [0.25, 0.3) is 0 Å². The van der Waals surface area contributed by atoms with Crippen LogP contribution in [0, 0.1) is 0 Å². The Labute approximate surface area is 123 Å². The van der Waals surface area contributed by atoms with Crippen LogP contribution in [-0.2, 0) is 0 Å². The molecule has 3 nitrogen and oxygen atoms in total. The van der Waals surface area contributed by atoms with E-state index < -0.39 is 17.3 Å². The predicted octanol–water partition coefficient (Wildman–Crippen LogP) is 3.10. The van der Waals surface area contributed by atoms with Crippen molar-refractivity contribution in [3.63, 3.8) is 0 Å². The highest BCUT2D eigenvalue weighted by molar-refractivity contribution is 5.13. The maximum atomic E-state index is 10.7. The molecule has 0 aromatic carbocycles. The van der Waals surface area contributed by atoms with Gasteiger partial charge in [-0.3, -0.25) is 0 Å². The van der Waals surface area contributed by atoms with E-state index in [1.807, 2.05) is 26.0 Å². The highest BCUT2D eigenvalue weighted by atomic mass is 16.4. The van der Waals surface area contributed by atoms with Crippen molar-refractivity contribution in [2.45, 2.75) is 83.5 Å². The molecule has 0 heterocycles. The molecule has 0 spiro atoms. The Morgan fingerprint density at radius 3 is 2.70 bits per heavy atom. The van der Waals surface area contributed by atoms with Crippen molar-refractivity contribution in [2.24, 2.45) is 0 Å². The van der Waals surface area contributed by atoms with Crippen molar-refractivity contribution in [1.82, 2.24) is 0 Å². The van der Waals surface area contributed by atoms with Crippen LogP contribution in [0.25, 0.3) is 0 Å². The zero-order valence-electron chi connectivity index (χ0n) is 13.3. The van der Waals surface area contributed by atoms with Crippen LogP contribution in [0.5, 0.6) is 0 Å². The number of aliphatic hydroxyl groups excluding tert-OH is 1. The zero-order chi connectivity index (χ0) is 15.4. The first-order valence-corrected chi connectivity index (χ1v) is 7.67. The second kappa shape index (κ2) is 6.88. The average molecular weight is 282 g/mol. The minimum absolute atomic E-state index is 0.400. The normalized spacial score (nSPS) is 28.8. The van der Waals surface area contributed by atoms with Crippen molar-refractivity contribution < 1.29 is 15.3 Å². The summed E-state index contributed by atoms with van der Waals surface area (Å²) in [5, 5.41) is 31.0. The lowest BCUT2D eigenvalue weighted by Gasteiger charge is -2.43. The summed E-state index contributed by atoms with van der Waals surface area (Å²) >= 11 is 0. The van der Waals surface area contributed by atoms with Crippen molar-refractivity contribution >= 4 is 0 Å². The number of rotatable bonds is 6. The van der Waals surface area contributed by atoms with Crippen LogP contribution in [0.4, 0.5) is 0 Å². The SMILES string of the molecule is CCC(O)C(C)=CCCC(C)(O)C1(O)CC=C(C)CC1. The second-order valence-corrected chi connectivity index (χ2v) is 6.47. The summed E-state index contributed by atoms with van der Waals surface area (Å²) in [6.07, 6.45) is 7.45. The van der Waals surface area contributed by atoms with E-state index >= 15 is 0 Å².